The van der Waals surface area contributed by atoms with Crippen LogP contribution in [0.3, 0.4) is 0 Å². The van der Waals surface area contributed by atoms with Crippen molar-refractivity contribution in [2.45, 2.75) is 13.5 Å². The Kier molecular flexibility index (Phi) is 5.22. The zero-order valence-electron chi connectivity index (χ0n) is 9.07. The Hall–Kier alpha value is -1.13. The lowest BCUT2D eigenvalue weighted by molar-refractivity contribution is -0.109. The van der Waals surface area contributed by atoms with Crippen LogP contribution >= 0.6 is 11.8 Å². The minimum absolute atomic E-state index is 0.0781. The van der Waals surface area contributed by atoms with Gasteiger partial charge < -0.3 is 5.73 Å². The number of carbonyl (C=O) groups is 1. The highest BCUT2D eigenvalue weighted by molar-refractivity contribution is 8.13. The van der Waals surface area contributed by atoms with Crippen molar-refractivity contribution in [3.05, 3.63) is 41.2 Å². The molecule has 1 aromatic rings. The summed E-state index contributed by atoms with van der Waals surface area (Å²) in [5.74, 6) is 0.319. The summed E-state index contributed by atoms with van der Waals surface area (Å²) in [7, 11) is 0. The molecule has 0 atom stereocenters. The summed E-state index contributed by atoms with van der Waals surface area (Å²) >= 11 is 1.22. The predicted octanol–water partition coefficient (Wildman–Crippen LogP) is 2.58. The van der Waals surface area contributed by atoms with E-state index in [9.17, 15) is 9.18 Å². The van der Waals surface area contributed by atoms with Crippen molar-refractivity contribution in [1.82, 2.24) is 0 Å². The monoisotopic (exact) mass is 239 g/mol. The van der Waals surface area contributed by atoms with Gasteiger partial charge in [0.2, 0.25) is 0 Å². The van der Waals surface area contributed by atoms with E-state index in [-0.39, 0.29) is 17.5 Å². The van der Waals surface area contributed by atoms with E-state index in [0.717, 1.165) is 5.56 Å². The lowest BCUT2D eigenvalue weighted by Crippen LogP contribution is -1.99. The number of hydrogen-bond acceptors (Lipinski definition) is 3. The SMILES string of the molecule is CC(=O)SCC=Cc1ccc(CN)c(F)c1. The molecular weight excluding hydrogens is 225 g/mol. The lowest BCUT2D eigenvalue weighted by atomic mass is 10.1. The van der Waals surface area contributed by atoms with Crippen LogP contribution < -0.4 is 5.73 Å². The maximum Gasteiger partial charge on any atom is 0.186 e. The van der Waals surface area contributed by atoms with E-state index in [0.29, 0.717) is 11.3 Å². The molecule has 2 N–H and O–H groups in total. The highest BCUT2D eigenvalue weighted by Crippen LogP contribution is 2.12. The van der Waals surface area contributed by atoms with Crippen LogP contribution in [0.4, 0.5) is 4.39 Å². The topological polar surface area (TPSA) is 43.1 Å². The summed E-state index contributed by atoms with van der Waals surface area (Å²) in [6.45, 7) is 1.73. The van der Waals surface area contributed by atoms with Crippen molar-refractivity contribution in [3.8, 4) is 0 Å². The van der Waals surface area contributed by atoms with Crippen molar-refractivity contribution in [2.24, 2.45) is 5.73 Å². The van der Waals surface area contributed by atoms with Crippen molar-refractivity contribution in [3.63, 3.8) is 0 Å². The largest absolute Gasteiger partial charge is 0.326 e. The van der Waals surface area contributed by atoms with Gasteiger partial charge in [-0.2, -0.15) is 0 Å². The molecule has 16 heavy (non-hydrogen) atoms. The van der Waals surface area contributed by atoms with Gasteiger partial charge in [0.15, 0.2) is 5.12 Å². The van der Waals surface area contributed by atoms with E-state index in [4.69, 9.17) is 5.73 Å². The molecule has 0 saturated heterocycles. The third-order valence-electron chi connectivity index (χ3n) is 1.99. The van der Waals surface area contributed by atoms with Gasteiger partial charge in [0.25, 0.3) is 0 Å². The first-order valence-electron chi connectivity index (χ1n) is 4.92. The number of carbonyl (C=O) groups excluding carboxylic acids is 1. The smallest absolute Gasteiger partial charge is 0.186 e. The zero-order chi connectivity index (χ0) is 12.0. The van der Waals surface area contributed by atoms with Crippen molar-refractivity contribution < 1.29 is 9.18 Å². The molecule has 0 radical (unpaired) electrons. The van der Waals surface area contributed by atoms with E-state index in [1.807, 2.05) is 6.08 Å². The Morgan fingerprint density at radius 3 is 2.88 bits per heavy atom. The molecule has 0 aromatic heterocycles. The van der Waals surface area contributed by atoms with Crippen molar-refractivity contribution in [2.75, 3.05) is 5.75 Å². The highest BCUT2D eigenvalue weighted by Gasteiger charge is 1.99. The molecule has 2 nitrogen and oxygen atoms in total. The van der Waals surface area contributed by atoms with Gasteiger partial charge in [0.05, 0.1) is 0 Å². The normalized spacial score (nSPS) is 10.9. The quantitative estimate of drug-likeness (QED) is 0.878. The fourth-order valence-electron chi connectivity index (χ4n) is 1.18. The molecule has 0 heterocycles. The van der Waals surface area contributed by atoms with Crippen LogP contribution in [0.25, 0.3) is 6.08 Å². The van der Waals surface area contributed by atoms with Crippen LogP contribution in [-0.2, 0) is 11.3 Å². The second-order valence-electron chi connectivity index (χ2n) is 3.26. The maximum absolute atomic E-state index is 13.3. The summed E-state index contributed by atoms with van der Waals surface area (Å²) in [5, 5.41) is 0.0781. The van der Waals surface area contributed by atoms with Crippen molar-refractivity contribution >= 4 is 23.0 Å². The number of nitrogens with two attached hydrogens (primary N) is 1. The first-order valence-corrected chi connectivity index (χ1v) is 5.90. The molecule has 0 aliphatic rings. The maximum atomic E-state index is 13.3. The van der Waals surface area contributed by atoms with Crippen molar-refractivity contribution in [1.29, 1.82) is 0 Å². The average molecular weight is 239 g/mol. The highest BCUT2D eigenvalue weighted by atomic mass is 32.2. The third-order valence-corrected chi connectivity index (χ3v) is 2.76. The fraction of sp³-hybridized carbons (Fsp3) is 0.250. The molecule has 0 aliphatic heterocycles. The molecule has 0 aliphatic carbocycles. The molecule has 86 valence electrons. The predicted molar refractivity (Wildman–Crippen MR) is 66.5 cm³/mol. The number of benzene rings is 1. The van der Waals surface area contributed by atoms with Gasteiger partial charge in [-0.3, -0.25) is 4.79 Å². The summed E-state index contributed by atoms with van der Waals surface area (Å²) in [6, 6.07) is 4.92. The Bertz CT molecular complexity index is 404. The molecule has 0 unspecified atom stereocenters. The molecular formula is C12H14FNOS. The number of rotatable bonds is 4. The minimum Gasteiger partial charge on any atom is -0.326 e. The van der Waals surface area contributed by atoms with E-state index in [1.165, 1.54) is 24.8 Å². The van der Waals surface area contributed by atoms with E-state index >= 15 is 0 Å². The van der Waals surface area contributed by atoms with Crippen LogP contribution in [-0.4, -0.2) is 10.9 Å². The van der Waals surface area contributed by atoms with E-state index in [1.54, 1.807) is 18.2 Å². The van der Waals surface area contributed by atoms with Crippen LogP contribution in [0.15, 0.2) is 24.3 Å². The molecule has 1 aromatic carbocycles. The fourth-order valence-corrected chi connectivity index (χ4v) is 1.61. The Morgan fingerprint density at radius 2 is 2.31 bits per heavy atom. The number of thioether (sulfide) groups is 1. The number of hydrogen-bond donors (Lipinski definition) is 1. The van der Waals surface area contributed by atoms with E-state index < -0.39 is 0 Å². The lowest BCUT2D eigenvalue weighted by Gasteiger charge is -2.00. The molecule has 4 heteroatoms. The Morgan fingerprint density at radius 1 is 1.56 bits per heavy atom. The molecule has 0 bridgehead atoms. The van der Waals surface area contributed by atoms with Gasteiger partial charge in [-0.15, -0.1) is 0 Å². The van der Waals surface area contributed by atoms with Crippen LogP contribution in [0.2, 0.25) is 0 Å². The minimum atomic E-state index is -0.288. The second-order valence-corrected chi connectivity index (χ2v) is 4.46. The molecule has 0 saturated carbocycles. The summed E-state index contributed by atoms with van der Waals surface area (Å²) in [6.07, 6.45) is 3.63. The van der Waals surface area contributed by atoms with Gasteiger partial charge >= 0.3 is 0 Å². The zero-order valence-corrected chi connectivity index (χ0v) is 9.89. The molecule has 0 spiro atoms. The van der Waals surface area contributed by atoms with Gasteiger partial charge in [0, 0.05) is 24.8 Å². The third kappa shape index (κ3) is 4.16. The summed E-state index contributed by atoms with van der Waals surface area (Å²) in [5.41, 5.74) is 6.64. The Balaban J connectivity index is 2.61. The average Bonchev–Trinajstić information content (AvgIpc) is 2.24. The van der Waals surface area contributed by atoms with Crippen LogP contribution in [0, 0.1) is 5.82 Å². The number of halogens is 1. The van der Waals surface area contributed by atoms with Gasteiger partial charge in [-0.25, -0.2) is 4.39 Å². The van der Waals surface area contributed by atoms with E-state index in [2.05, 4.69) is 0 Å². The standard InChI is InChI=1S/C12H14FNOS/c1-9(15)16-6-2-3-10-4-5-11(8-14)12(13)7-10/h2-5,7H,6,8,14H2,1H3. The van der Waals surface area contributed by atoms with Gasteiger partial charge in [-0.1, -0.05) is 36.0 Å². The second kappa shape index (κ2) is 6.45. The first-order chi connectivity index (χ1) is 7.63. The summed E-state index contributed by atoms with van der Waals surface area (Å²) in [4.78, 5) is 10.6. The van der Waals surface area contributed by atoms with Gasteiger partial charge in [0.1, 0.15) is 5.82 Å². The van der Waals surface area contributed by atoms with Gasteiger partial charge in [-0.05, 0) is 11.6 Å². The molecule has 0 amide bonds. The summed E-state index contributed by atoms with van der Waals surface area (Å²) < 4.78 is 13.3. The Labute approximate surface area is 98.7 Å². The van der Waals surface area contributed by atoms with Crippen LogP contribution in [0.5, 0.6) is 0 Å². The molecule has 0 fully saturated rings. The van der Waals surface area contributed by atoms with Crippen LogP contribution in [0.1, 0.15) is 18.1 Å². The first kappa shape index (κ1) is 12.9. The molecule has 1 rings (SSSR count).